The van der Waals surface area contributed by atoms with Crippen LogP contribution < -0.4 is 0 Å². The van der Waals surface area contributed by atoms with Crippen molar-refractivity contribution in [2.45, 2.75) is 26.3 Å². The first-order valence-electron chi connectivity index (χ1n) is 6.22. The molecule has 0 unspecified atom stereocenters. The van der Waals surface area contributed by atoms with Gasteiger partial charge in [-0.05, 0) is 17.7 Å². The third-order valence-corrected chi connectivity index (χ3v) is 3.02. The molecule has 0 saturated carbocycles. The van der Waals surface area contributed by atoms with Crippen LogP contribution in [0.25, 0.3) is 0 Å². The van der Waals surface area contributed by atoms with Crippen LogP contribution >= 0.6 is 0 Å². The predicted molar refractivity (Wildman–Crippen MR) is 73.2 cm³/mol. The highest BCUT2D eigenvalue weighted by molar-refractivity contribution is 5.36. The van der Waals surface area contributed by atoms with E-state index in [1.165, 1.54) is 6.20 Å². The van der Waals surface area contributed by atoms with Crippen LogP contribution in [0.5, 0.6) is 0 Å². The van der Waals surface area contributed by atoms with Crippen molar-refractivity contribution in [3.8, 4) is 6.07 Å². The van der Waals surface area contributed by atoms with Crippen LogP contribution in [0.3, 0.4) is 0 Å². The second-order valence-corrected chi connectivity index (χ2v) is 4.79. The number of hydrogen-bond acceptors (Lipinski definition) is 4. The smallest absolute Gasteiger partial charge is 0.258 e. The van der Waals surface area contributed by atoms with Crippen molar-refractivity contribution in [3.63, 3.8) is 0 Å². The van der Waals surface area contributed by atoms with Crippen LogP contribution in [0.1, 0.15) is 36.6 Å². The van der Waals surface area contributed by atoms with E-state index in [1.807, 2.05) is 26.0 Å². The molecule has 0 saturated heterocycles. The number of benzene rings is 1. The molecular formula is C14H14N4O2. The molecule has 0 aliphatic heterocycles. The van der Waals surface area contributed by atoms with E-state index in [1.54, 1.807) is 16.8 Å². The van der Waals surface area contributed by atoms with Crippen molar-refractivity contribution in [1.82, 2.24) is 9.78 Å². The van der Waals surface area contributed by atoms with Gasteiger partial charge in [0.15, 0.2) is 0 Å². The molecule has 0 N–H and O–H groups in total. The normalized spacial score (nSPS) is 10.5. The van der Waals surface area contributed by atoms with Crippen LogP contribution in [0.2, 0.25) is 0 Å². The fourth-order valence-corrected chi connectivity index (χ4v) is 2.10. The molecule has 0 atom stereocenters. The molecule has 1 aromatic carbocycles. The highest BCUT2D eigenvalue weighted by atomic mass is 16.6. The van der Waals surface area contributed by atoms with E-state index in [9.17, 15) is 10.1 Å². The second kappa shape index (κ2) is 5.53. The van der Waals surface area contributed by atoms with Gasteiger partial charge in [0, 0.05) is 5.92 Å². The molecule has 1 heterocycles. The molecule has 2 rings (SSSR count). The van der Waals surface area contributed by atoms with E-state index in [0.717, 1.165) is 5.56 Å². The van der Waals surface area contributed by atoms with Crippen molar-refractivity contribution in [2.24, 2.45) is 0 Å². The van der Waals surface area contributed by atoms with Crippen molar-refractivity contribution < 1.29 is 4.92 Å². The average Bonchev–Trinajstić information content (AvgIpc) is 2.83. The Morgan fingerprint density at radius 3 is 2.55 bits per heavy atom. The standard InChI is InChI=1S/C14H14N4O2/c1-10(2)14-13(18(19)20)8-16-17(14)9-12-5-3-11(7-15)4-6-12/h3-6,8,10H,9H2,1-2H3. The zero-order valence-corrected chi connectivity index (χ0v) is 11.3. The minimum Gasteiger partial charge on any atom is -0.258 e. The van der Waals surface area contributed by atoms with Gasteiger partial charge in [0.05, 0.1) is 23.1 Å². The topological polar surface area (TPSA) is 84.8 Å². The van der Waals surface area contributed by atoms with Gasteiger partial charge in [-0.2, -0.15) is 10.4 Å². The SMILES string of the molecule is CC(C)c1c([N+](=O)[O-])cnn1Cc1ccc(C#N)cc1. The Balaban J connectivity index is 2.33. The third kappa shape index (κ3) is 2.67. The molecule has 0 aliphatic rings. The van der Waals surface area contributed by atoms with Crippen LogP contribution in [0.4, 0.5) is 5.69 Å². The summed E-state index contributed by atoms with van der Waals surface area (Å²) in [5.41, 5.74) is 2.20. The molecule has 0 aliphatic carbocycles. The Bertz CT molecular complexity index is 665. The van der Waals surface area contributed by atoms with Gasteiger partial charge in [0.1, 0.15) is 11.9 Å². The number of rotatable bonds is 4. The largest absolute Gasteiger partial charge is 0.310 e. The van der Waals surface area contributed by atoms with Gasteiger partial charge in [-0.1, -0.05) is 26.0 Å². The quantitative estimate of drug-likeness (QED) is 0.631. The molecule has 6 nitrogen and oxygen atoms in total. The van der Waals surface area contributed by atoms with Gasteiger partial charge in [-0.3, -0.25) is 14.8 Å². The molecule has 0 spiro atoms. The molecule has 6 heteroatoms. The minimum atomic E-state index is -0.405. The lowest BCUT2D eigenvalue weighted by Gasteiger charge is -2.09. The summed E-state index contributed by atoms with van der Waals surface area (Å²) in [5, 5.41) is 23.9. The number of aromatic nitrogens is 2. The first kappa shape index (κ1) is 13.7. The summed E-state index contributed by atoms with van der Waals surface area (Å²) in [6.07, 6.45) is 1.29. The van der Waals surface area contributed by atoms with Gasteiger partial charge < -0.3 is 0 Å². The summed E-state index contributed by atoms with van der Waals surface area (Å²) in [6.45, 7) is 4.26. The number of hydrogen-bond donors (Lipinski definition) is 0. The van der Waals surface area contributed by atoms with E-state index in [0.29, 0.717) is 17.8 Å². The summed E-state index contributed by atoms with van der Waals surface area (Å²) in [5.74, 6) is 0.0104. The Kier molecular flexibility index (Phi) is 3.80. The van der Waals surface area contributed by atoms with Gasteiger partial charge >= 0.3 is 5.69 Å². The van der Waals surface area contributed by atoms with Crippen molar-refractivity contribution in [2.75, 3.05) is 0 Å². The molecule has 0 bridgehead atoms. The van der Waals surface area contributed by atoms with E-state index < -0.39 is 4.92 Å². The maximum atomic E-state index is 11.0. The highest BCUT2D eigenvalue weighted by Crippen LogP contribution is 2.26. The van der Waals surface area contributed by atoms with Crippen LogP contribution in [-0.4, -0.2) is 14.7 Å². The summed E-state index contributed by atoms with van der Waals surface area (Å²) >= 11 is 0. The lowest BCUT2D eigenvalue weighted by Crippen LogP contribution is -2.08. The number of nitriles is 1. The molecule has 0 amide bonds. The maximum Gasteiger partial charge on any atom is 0.310 e. The maximum absolute atomic E-state index is 11.0. The van der Waals surface area contributed by atoms with Gasteiger partial charge in [0.2, 0.25) is 0 Å². The predicted octanol–water partition coefficient (Wildman–Crippen LogP) is 2.83. The summed E-state index contributed by atoms with van der Waals surface area (Å²) in [4.78, 5) is 10.6. The zero-order chi connectivity index (χ0) is 14.7. The average molecular weight is 270 g/mol. The Morgan fingerprint density at radius 1 is 1.40 bits per heavy atom. The van der Waals surface area contributed by atoms with Gasteiger partial charge in [-0.25, -0.2) is 0 Å². The van der Waals surface area contributed by atoms with Crippen LogP contribution in [0, 0.1) is 21.4 Å². The molecule has 0 fully saturated rings. The third-order valence-electron chi connectivity index (χ3n) is 3.02. The van der Waals surface area contributed by atoms with E-state index in [2.05, 4.69) is 11.2 Å². The fourth-order valence-electron chi connectivity index (χ4n) is 2.10. The van der Waals surface area contributed by atoms with Crippen LogP contribution in [0.15, 0.2) is 30.5 Å². The van der Waals surface area contributed by atoms with E-state index in [-0.39, 0.29) is 11.6 Å². The van der Waals surface area contributed by atoms with Crippen molar-refractivity contribution >= 4 is 5.69 Å². The molecule has 1 aromatic heterocycles. The lowest BCUT2D eigenvalue weighted by molar-refractivity contribution is -0.385. The first-order valence-corrected chi connectivity index (χ1v) is 6.22. The monoisotopic (exact) mass is 270 g/mol. The zero-order valence-electron chi connectivity index (χ0n) is 11.3. The Hall–Kier alpha value is -2.68. The molecular weight excluding hydrogens is 256 g/mol. The Labute approximate surface area is 116 Å². The van der Waals surface area contributed by atoms with Crippen molar-refractivity contribution in [1.29, 1.82) is 5.26 Å². The van der Waals surface area contributed by atoms with Crippen LogP contribution in [-0.2, 0) is 6.54 Å². The fraction of sp³-hybridized carbons (Fsp3) is 0.286. The minimum absolute atomic E-state index is 0.0104. The summed E-state index contributed by atoms with van der Waals surface area (Å²) < 4.78 is 1.64. The first-order chi connectivity index (χ1) is 9.52. The summed E-state index contributed by atoms with van der Waals surface area (Å²) in [7, 11) is 0. The van der Waals surface area contributed by atoms with Gasteiger partial charge in [0.25, 0.3) is 0 Å². The number of nitro groups is 1. The molecule has 0 radical (unpaired) electrons. The van der Waals surface area contributed by atoms with E-state index in [4.69, 9.17) is 5.26 Å². The molecule has 102 valence electrons. The van der Waals surface area contributed by atoms with Gasteiger partial charge in [-0.15, -0.1) is 0 Å². The number of nitrogens with zero attached hydrogens (tertiary/aromatic N) is 4. The molecule has 2 aromatic rings. The Morgan fingerprint density at radius 2 is 2.05 bits per heavy atom. The second-order valence-electron chi connectivity index (χ2n) is 4.79. The summed E-state index contributed by atoms with van der Waals surface area (Å²) in [6, 6.07) is 9.16. The van der Waals surface area contributed by atoms with Crippen molar-refractivity contribution in [3.05, 3.63) is 57.4 Å². The lowest BCUT2D eigenvalue weighted by atomic mass is 10.1. The molecule has 20 heavy (non-hydrogen) atoms. The van der Waals surface area contributed by atoms with E-state index >= 15 is 0 Å². The highest BCUT2D eigenvalue weighted by Gasteiger charge is 2.22.